The summed E-state index contributed by atoms with van der Waals surface area (Å²) in [5.41, 5.74) is 4.96. The Balaban J connectivity index is 2.75. The van der Waals surface area contributed by atoms with Gasteiger partial charge >= 0.3 is 6.03 Å². The molecule has 1 aromatic rings. The van der Waals surface area contributed by atoms with Crippen LogP contribution in [0.15, 0.2) is 12.1 Å². The summed E-state index contributed by atoms with van der Waals surface area (Å²) in [5.74, 6) is 0. The predicted molar refractivity (Wildman–Crippen MR) is 75.9 cm³/mol. The minimum absolute atomic E-state index is 0.0288. The minimum atomic E-state index is -0.0954. The third-order valence-electron chi connectivity index (χ3n) is 3.23. The van der Waals surface area contributed by atoms with Gasteiger partial charge in [0.2, 0.25) is 0 Å². The van der Waals surface area contributed by atoms with E-state index >= 15 is 0 Å². The summed E-state index contributed by atoms with van der Waals surface area (Å²) in [6.07, 6.45) is 0.949. The molecule has 0 fully saturated rings. The quantitative estimate of drug-likeness (QED) is 0.842. The second-order valence-electron chi connectivity index (χ2n) is 4.91. The standard InChI is InChI=1S/C15H24N2O/c1-6-7-16-15(18)17-13(5)14-9-11(3)10(2)8-12(14)4/h8-9,13H,6-7H2,1-5H3,(H2,16,17,18)/t13-/m0/s1. The van der Waals surface area contributed by atoms with E-state index in [2.05, 4.69) is 43.5 Å². The van der Waals surface area contributed by atoms with Crippen LogP contribution in [-0.2, 0) is 0 Å². The maximum atomic E-state index is 11.6. The molecular weight excluding hydrogens is 224 g/mol. The normalized spacial score (nSPS) is 12.1. The van der Waals surface area contributed by atoms with Crippen molar-refractivity contribution in [3.05, 3.63) is 34.4 Å². The summed E-state index contributed by atoms with van der Waals surface area (Å²) < 4.78 is 0. The first kappa shape index (κ1) is 14.6. The molecule has 2 amide bonds. The van der Waals surface area contributed by atoms with Gasteiger partial charge in [0, 0.05) is 6.54 Å². The first-order chi connectivity index (χ1) is 8.45. The monoisotopic (exact) mass is 248 g/mol. The molecule has 0 aliphatic heterocycles. The van der Waals surface area contributed by atoms with Crippen LogP contribution < -0.4 is 10.6 Å². The SMILES string of the molecule is CCCNC(=O)N[C@@H](C)c1cc(C)c(C)cc1C. The number of urea groups is 1. The summed E-state index contributed by atoms with van der Waals surface area (Å²) >= 11 is 0. The summed E-state index contributed by atoms with van der Waals surface area (Å²) in [6, 6.07) is 4.27. The van der Waals surface area contributed by atoms with E-state index in [1.807, 2.05) is 13.8 Å². The van der Waals surface area contributed by atoms with Gasteiger partial charge in [-0.15, -0.1) is 0 Å². The number of aryl methyl sites for hydroxylation is 3. The van der Waals surface area contributed by atoms with E-state index in [4.69, 9.17) is 0 Å². The van der Waals surface area contributed by atoms with Crippen molar-refractivity contribution < 1.29 is 4.79 Å². The molecule has 1 aromatic carbocycles. The van der Waals surface area contributed by atoms with Crippen LogP contribution in [0.5, 0.6) is 0 Å². The highest BCUT2D eigenvalue weighted by Crippen LogP contribution is 2.21. The molecule has 0 saturated heterocycles. The van der Waals surface area contributed by atoms with Crippen molar-refractivity contribution in [1.82, 2.24) is 10.6 Å². The van der Waals surface area contributed by atoms with Gasteiger partial charge in [0.05, 0.1) is 6.04 Å². The molecule has 0 aliphatic carbocycles. The van der Waals surface area contributed by atoms with E-state index < -0.39 is 0 Å². The minimum Gasteiger partial charge on any atom is -0.338 e. The fourth-order valence-electron chi connectivity index (χ4n) is 2.01. The molecule has 18 heavy (non-hydrogen) atoms. The van der Waals surface area contributed by atoms with E-state index in [-0.39, 0.29) is 12.1 Å². The smallest absolute Gasteiger partial charge is 0.315 e. The Labute approximate surface area is 110 Å². The topological polar surface area (TPSA) is 41.1 Å². The van der Waals surface area contributed by atoms with Gasteiger partial charge in [-0.2, -0.15) is 0 Å². The van der Waals surface area contributed by atoms with E-state index in [0.717, 1.165) is 6.42 Å². The van der Waals surface area contributed by atoms with Crippen molar-refractivity contribution in [3.8, 4) is 0 Å². The lowest BCUT2D eigenvalue weighted by atomic mass is 9.97. The van der Waals surface area contributed by atoms with Gasteiger partial charge in [0.25, 0.3) is 0 Å². The molecule has 0 heterocycles. The molecule has 0 radical (unpaired) electrons. The van der Waals surface area contributed by atoms with E-state index in [1.165, 1.54) is 22.3 Å². The lowest BCUT2D eigenvalue weighted by Crippen LogP contribution is -2.37. The van der Waals surface area contributed by atoms with Crippen LogP contribution in [0, 0.1) is 20.8 Å². The van der Waals surface area contributed by atoms with E-state index in [9.17, 15) is 4.79 Å². The molecular formula is C15H24N2O. The average molecular weight is 248 g/mol. The number of hydrogen-bond acceptors (Lipinski definition) is 1. The van der Waals surface area contributed by atoms with Crippen molar-refractivity contribution in [2.45, 2.75) is 47.1 Å². The number of amides is 2. The third-order valence-corrected chi connectivity index (χ3v) is 3.23. The van der Waals surface area contributed by atoms with Crippen LogP contribution in [0.25, 0.3) is 0 Å². The lowest BCUT2D eigenvalue weighted by molar-refractivity contribution is 0.238. The van der Waals surface area contributed by atoms with Crippen LogP contribution >= 0.6 is 0 Å². The molecule has 1 atom stereocenters. The van der Waals surface area contributed by atoms with Crippen molar-refractivity contribution in [2.75, 3.05) is 6.54 Å². The zero-order chi connectivity index (χ0) is 13.7. The van der Waals surface area contributed by atoms with Gasteiger partial charge in [-0.3, -0.25) is 0 Å². The third kappa shape index (κ3) is 3.76. The molecule has 0 saturated carbocycles. The first-order valence-electron chi connectivity index (χ1n) is 6.57. The zero-order valence-electron chi connectivity index (χ0n) is 12.1. The van der Waals surface area contributed by atoms with Gasteiger partial charge in [-0.05, 0) is 56.4 Å². The first-order valence-corrected chi connectivity index (χ1v) is 6.57. The van der Waals surface area contributed by atoms with Gasteiger partial charge < -0.3 is 10.6 Å². The van der Waals surface area contributed by atoms with Crippen molar-refractivity contribution >= 4 is 6.03 Å². The van der Waals surface area contributed by atoms with Crippen molar-refractivity contribution in [2.24, 2.45) is 0 Å². The Morgan fingerprint density at radius 3 is 2.39 bits per heavy atom. The van der Waals surface area contributed by atoms with E-state index in [1.54, 1.807) is 0 Å². The summed E-state index contributed by atoms with van der Waals surface area (Å²) in [4.78, 5) is 11.6. The molecule has 1 rings (SSSR count). The van der Waals surface area contributed by atoms with Gasteiger partial charge in [0.1, 0.15) is 0 Å². The molecule has 0 spiro atoms. The van der Waals surface area contributed by atoms with Crippen LogP contribution in [0.2, 0.25) is 0 Å². The number of benzene rings is 1. The van der Waals surface area contributed by atoms with Crippen LogP contribution in [0.1, 0.15) is 48.6 Å². The Hall–Kier alpha value is -1.51. The molecule has 0 aromatic heterocycles. The summed E-state index contributed by atoms with van der Waals surface area (Å²) in [7, 11) is 0. The Morgan fingerprint density at radius 1 is 1.17 bits per heavy atom. The predicted octanol–water partition coefficient (Wildman–Crippen LogP) is 3.38. The van der Waals surface area contributed by atoms with Gasteiger partial charge in [0.15, 0.2) is 0 Å². The highest BCUT2D eigenvalue weighted by molar-refractivity contribution is 5.74. The lowest BCUT2D eigenvalue weighted by Gasteiger charge is -2.18. The highest BCUT2D eigenvalue weighted by Gasteiger charge is 2.12. The number of carbonyl (C=O) groups is 1. The molecule has 3 heteroatoms. The largest absolute Gasteiger partial charge is 0.338 e. The number of carbonyl (C=O) groups excluding carboxylic acids is 1. The van der Waals surface area contributed by atoms with Crippen molar-refractivity contribution in [1.29, 1.82) is 0 Å². The van der Waals surface area contributed by atoms with Crippen LogP contribution in [0.3, 0.4) is 0 Å². The second-order valence-corrected chi connectivity index (χ2v) is 4.91. The Kier molecular flexibility index (Phi) is 5.20. The molecule has 2 N–H and O–H groups in total. The van der Waals surface area contributed by atoms with Crippen molar-refractivity contribution in [3.63, 3.8) is 0 Å². The van der Waals surface area contributed by atoms with Crippen LogP contribution in [-0.4, -0.2) is 12.6 Å². The van der Waals surface area contributed by atoms with Gasteiger partial charge in [-0.1, -0.05) is 19.1 Å². The van der Waals surface area contributed by atoms with E-state index in [0.29, 0.717) is 6.54 Å². The summed E-state index contributed by atoms with van der Waals surface area (Å²) in [6.45, 7) is 11.1. The fourth-order valence-corrected chi connectivity index (χ4v) is 2.01. The maximum absolute atomic E-state index is 11.6. The Bertz CT molecular complexity index is 427. The summed E-state index contributed by atoms with van der Waals surface area (Å²) in [5, 5.41) is 5.80. The second kappa shape index (κ2) is 6.43. The fraction of sp³-hybridized carbons (Fsp3) is 0.533. The zero-order valence-corrected chi connectivity index (χ0v) is 12.1. The van der Waals surface area contributed by atoms with Crippen LogP contribution in [0.4, 0.5) is 4.79 Å². The number of nitrogens with one attached hydrogen (secondary N) is 2. The molecule has 0 bridgehead atoms. The molecule has 0 aliphatic rings. The Morgan fingerprint density at radius 2 is 1.78 bits per heavy atom. The molecule has 0 unspecified atom stereocenters. The van der Waals surface area contributed by atoms with Gasteiger partial charge in [-0.25, -0.2) is 4.79 Å². The maximum Gasteiger partial charge on any atom is 0.315 e. The molecule has 100 valence electrons. The number of hydrogen-bond donors (Lipinski definition) is 2. The number of rotatable bonds is 4. The highest BCUT2D eigenvalue weighted by atomic mass is 16.2. The molecule has 3 nitrogen and oxygen atoms in total. The average Bonchev–Trinajstić information content (AvgIpc) is 2.31.